The van der Waals surface area contributed by atoms with Gasteiger partial charge in [0.25, 0.3) is 10.1 Å². The second-order valence-electron chi connectivity index (χ2n) is 8.19. The summed E-state index contributed by atoms with van der Waals surface area (Å²) in [5.41, 5.74) is 0. The summed E-state index contributed by atoms with van der Waals surface area (Å²) in [6.07, 6.45) is 18.7. The lowest BCUT2D eigenvalue weighted by molar-refractivity contribution is 0.147. The van der Waals surface area contributed by atoms with E-state index in [4.69, 9.17) is 0 Å². The van der Waals surface area contributed by atoms with E-state index in [1.54, 1.807) is 0 Å². The molecule has 0 aliphatic rings. The predicted molar refractivity (Wildman–Crippen MR) is 116 cm³/mol. The first kappa shape index (κ1) is 26.9. The van der Waals surface area contributed by atoms with Gasteiger partial charge >= 0.3 is 0 Å². The minimum absolute atomic E-state index is 0.265. The molecule has 0 saturated heterocycles. The van der Waals surface area contributed by atoms with Gasteiger partial charge in [0.2, 0.25) is 0 Å². The van der Waals surface area contributed by atoms with Gasteiger partial charge in [-0.2, -0.15) is 8.42 Å². The molecular formula is C22H46O4S. The first-order valence-corrected chi connectivity index (χ1v) is 13.1. The largest absolute Gasteiger partial charge is 0.393 e. The van der Waals surface area contributed by atoms with Crippen LogP contribution in [0.2, 0.25) is 0 Å². The molecule has 0 aliphatic heterocycles. The average Bonchev–Trinajstić information content (AvgIpc) is 2.61. The summed E-state index contributed by atoms with van der Waals surface area (Å²) >= 11 is 0. The normalized spacial score (nSPS) is 14.4. The van der Waals surface area contributed by atoms with Gasteiger partial charge in [-0.1, -0.05) is 104 Å². The molecular weight excluding hydrogens is 360 g/mol. The lowest BCUT2D eigenvalue weighted by atomic mass is 10.0. The van der Waals surface area contributed by atoms with Crippen molar-refractivity contribution in [1.29, 1.82) is 0 Å². The van der Waals surface area contributed by atoms with Crippen LogP contribution in [0, 0.1) is 0 Å². The Hall–Kier alpha value is -0.130. The predicted octanol–water partition coefficient (Wildman–Crippen LogP) is 6.67. The fraction of sp³-hybridized carbons (Fsp3) is 1.00. The summed E-state index contributed by atoms with van der Waals surface area (Å²) in [6.45, 7) is 4.27. The highest BCUT2D eigenvalue weighted by atomic mass is 32.2. The zero-order valence-electron chi connectivity index (χ0n) is 18.0. The molecule has 0 bridgehead atoms. The fourth-order valence-corrected chi connectivity index (χ4v) is 4.57. The standard InChI is InChI=1S/C22H46O4S/c1-3-5-7-8-9-10-11-12-13-14-17-21(23)18-15-16-20-22(19-6-4-2)27(24,25)26/h21-23H,3-20H2,1-2H3,(H,24,25,26). The molecule has 0 amide bonds. The Morgan fingerprint density at radius 3 is 1.44 bits per heavy atom. The summed E-state index contributed by atoms with van der Waals surface area (Å²) in [5, 5.41) is 9.44. The number of rotatable bonds is 20. The smallest absolute Gasteiger partial charge is 0.267 e. The van der Waals surface area contributed by atoms with Crippen molar-refractivity contribution in [2.75, 3.05) is 0 Å². The van der Waals surface area contributed by atoms with E-state index in [1.807, 2.05) is 6.92 Å². The summed E-state index contributed by atoms with van der Waals surface area (Å²) in [6, 6.07) is 0. The topological polar surface area (TPSA) is 74.6 Å². The molecule has 5 heteroatoms. The van der Waals surface area contributed by atoms with Crippen LogP contribution in [0.5, 0.6) is 0 Å². The van der Waals surface area contributed by atoms with Crippen LogP contribution in [0.25, 0.3) is 0 Å². The minimum Gasteiger partial charge on any atom is -0.393 e. The van der Waals surface area contributed by atoms with Crippen LogP contribution in [0.3, 0.4) is 0 Å². The summed E-state index contributed by atoms with van der Waals surface area (Å²) in [7, 11) is -3.93. The van der Waals surface area contributed by atoms with E-state index in [1.165, 1.54) is 57.8 Å². The van der Waals surface area contributed by atoms with E-state index < -0.39 is 15.4 Å². The van der Waals surface area contributed by atoms with E-state index in [0.717, 1.165) is 44.9 Å². The van der Waals surface area contributed by atoms with E-state index >= 15 is 0 Å². The van der Waals surface area contributed by atoms with Crippen molar-refractivity contribution < 1.29 is 18.1 Å². The third-order valence-corrected chi connectivity index (χ3v) is 6.82. The van der Waals surface area contributed by atoms with Gasteiger partial charge in [-0.15, -0.1) is 0 Å². The Balaban J connectivity index is 3.56. The Morgan fingerprint density at radius 1 is 0.593 bits per heavy atom. The molecule has 4 nitrogen and oxygen atoms in total. The van der Waals surface area contributed by atoms with Gasteiger partial charge < -0.3 is 5.11 Å². The van der Waals surface area contributed by atoms with Crippen LogP contribution in [0.4, 0.5) is 0 Å². The molecule has 0 spiro atoms. The van der Waals surface area contributed by atoms with E-state index in [-0.39, 0.29) is 6.10 Å². The molecule has 2 atom stereocenters. The van der Waals surface area contributed by atoms with Gasteiger partial charge in [-0.3, -0.25) is 4.55 Å². The molecule has 0 saturated carbocycles. The number of unbranched alkanes of at least 4 members (excludes halogenated alkanes) is 11. The molecule has 2 unspecified atom stereocenters. The second-order valence-corrected chi connectivity index (χ2v) is 9.88. The van der Waals surface area contributed by atoms with Gasteiger partial charge in [0.05, 0.1) is 11.4 Å². The van der Waals surface area contributed by atoms with Gasteiger partial charge in [0, 0.05) is 0 Å². The SMILES string of the molecule is CCCCCCCCCCCCC(O)CCCCC(CCCC)S(=O)(=O)O. The maximum absolute atomic E-state index is 11.4. The molecule has 0 aromatic carbocycles. The molecule has 0 aromatic rings. The second kappa shape index (κ2) is 17.9. The quantitative estimate of drug-likeness (QED) is 0.175. The van der Waals surface area contributed by atoms with Crippen LogP contribution in [0.1, 0.15) is 129 Å². The maximum atomic E-state index is 11.4. The van der Waals surface area contributed by atoms with Crippen molar-refractivity contribution in [2.45, 2.75) is 141 Å². The Bertz CT molecular complexity index is 409. The van der Waals surface area contributed by atoms with Crippen LogP contribution >= 0.6 is 0 Å². The lowest BCUT2D eigenvalue weighted by Crippen LogP contribution is -2.20. The third kappa shape index (κ3) is 17.7. The molecule has 0 rings (SSSR count). The van der Waals surface area contributed by atoms with Crippen LogP contribution in [-0.2, 0) is 10.1 Å². The maximum Gasteiger partial charge on any atom is 0.267 e. The van der Waals surface area contributed by atoms with E-state index in [0.29, 0.717) is 12.8 Å². The molecule has 0 aliphatic carbocycles. The molecule has 0 heterocycles. The summed E-state index contributed by atoms with van der Waals surface area (Å²) < 4.78 is 32.1. The zero-order chi connectivity index (χ0) is 20.4. The van der Waals surface area contributed by atoms with Crippen LogP contribution in [0.15, 0.2) is 0 Å². The van der Waals surface area contributed by atoms with Crippen LogP contribution < -0.4 is 0 Å². The number of hydrogen-bond donors (Lipinski definition) is 2. The minimum atomic E-state index is -3.93. The van der Waals surface area contributed by atoms with Gasteiger partial charge in [0.1, 0.15) is 0 Å². The van der Waals surface area contributed by atoms with Crippen molar-refractivity contribution in [3.05, 3.63) is 0 Å². The average molecular weight is 407 g/mol. The molecule has 164 valence electrons. The van der Waals surface area contributed by atoms with Gasteiger partial charge in [-0.25, -0.2) is 0 Å². The van der Waals surface area contributed by atoms with Crippen molar-refractivity contribution in [3.8, 4) is 0 Å². The molecule has 2 N–H and O–H groups in total. The molecule has 0 fully saturated rings. The van der Waals surface area contributed by atoms with E-state index in [9.17, 15) is 18.1 Å². The summed E-state index contributed by atoms with van der Waals surface area (Å²) in [4.78, 5) is 0. The third-order valence-electron chi connectivity index (χ3n) is 5.51. The highest BCUT2D eigenvalue weighted by Crippen LogP contribution is 2.18. The molecule has 27 heavy (non-hydrogen) atoms. The van der Waals surface area contributed by atoms with Crippen molar-refractivity contribution in [1.82, 2.24) is 0 Å². The van der Waals surface area contributed by atoms with Crippen molar-refractivity contribution in [3.63, 3.8) is 0 Å². The Kier molecular flexibility index (Phi) is 17.8. The van der Waals surface area contributed by atoms with Crippen molar-refractivity contribution >= 4 is 10.1 Å². The van der Waals surface area contributed by atoms with Gasteiger partial charge in [-0.05, 0) is 25.7 Å². The molecule has 0 aromatic heterocycles. The first-order valence-electron chi connectivity index (χ1n) is 11.6. The summed E-state index contributed by atoms with van der Waals surface area (Å²) in [5.74, 6) is 0. The highest BCUT2D eigenvalue weighted by Gasteiger charge is 2.21. The van der Waals surface area contributed by atoms with Crippen molar-refractivity contribution in [2.24, 2.45) is 0 Å². The molecule has 0 radical (unpaired) electrons. The number of aliphatic hydroxyl groups is 1. The fourth-order valence-electron chi connectivity index (χ4n) is 3.64. The van der Waals surface area contributed by atoms with E-state index in [2.05, 4.69) is 6.92 Å². The lowest BCUT2D eigenvalue weighted by Gasteiger charge is -2.14. The Labute approximate surface area is 169 Å². The number of aliphatic hydroxyl groups excluding tert-OH is 1. The zero-order valence-corrected chi connectivity index (χ0v) is 18.8. The monoisotopic (exact) mass is 406 g/mol. The van der Waals surface area contributed by atoms with Gasteiger partial charge in [0.15, 0.2) is 0 Å². The number of hydrogen-bond acceptors (Lipinski definition) is 3. The highest BCUT2D eigenvalue weighted by molar-refractivity contribution is 7.86. The first-order chi connectivity index (χ1) is 12.9. The van der Waals surface area contributed by atoms with Crippen LogP contribution in [-0.4, -0.2) is 29.4 Å². The Morgan fingerprint density at radius 2 is 0.963 bits per heavy atom.